The van der Waals surface area contributed by atoms with Gasteiger partial charge in [-0.1, -0.05) is 35.3 Å². The highest BCUT2D eigenvalue weighted by molar-refractivity contribution is 8.00. The lowest BCUT2D eigenvalue weighted by Gasteiger charge is -2.13. The van der Waals surface area contributed by atoms with Gasteiger partial charge in [-0.3, -0.25) is 4.79 Å². The van der Waals surface area contributed by atoms with Crippen LogP contribution in [0.1, 0.15) is 25.0 Å². The molecule has 3 aromatic rings. The highest BCUT2D eigenvalue weighted by Gasteiger charge is 2.13. The summed E-state index contributed by atoms with van der Waals surface area (Å²) >= 11 is 13.4. The first kappa shape index (κ1) is 25.0. The Labute approximate surface area is 208 Å². The van der Waals surface area contributed by atoms with Gasteiger partial charge in [0.15, 0.2) is 11.5 Å². The van der Waals surface area contributed by atoms with E-state index in [0.717, 1.165) is 16.0 Å². The van der Waals surface area contributed by atoms with E-state index in [-0.39, 0.29) is 11.2 Å². The molecule has 0 spiro atoms. The predicted molar refractivity (Wildman–Crippen MR) is 136 cm³/mol. The molecule has 0 aliphatic heterocycles. The topological polar surface area (TPSA) is 59.9 Å². The lowest BCUT2D eigenvalue weighted by molar-refractivity contribution is -0.120. The van der Waals surface area contributed by atoms with Crippen molar-refractivity contribution in [2.75, 3.05) is 6.61 Å². The van der Waals surface area contributed by atoms with Gasteiger partial charge in [-0.25, -0.2) is 5.43 Å². The third-order valence-corrected chi connectivity index (χ3v) is 6.03. The highest BCUT2D eigenvalue weighted by Crippen LogP contribution is 2.29. The first-order chi connectivity index (χ1) is 15.9. The maximum absolute atomic E-state index is 12.3. The van der Waals surface area contributed by atoms with E-state index in [2.05, 4.69) is 10.5 Å². The van der Waals surface area contributed by atoms with Crippen LogP contribution in [-0.2, 0) is 11.4 Å². The van der Waals surface area contributed by atoms with Gasteiger partial charge in [-0.05, 0) is 79.6 Å². The smallest absolute Gasteiger partial charge is 0.253 e. The Bertz CT molecular complexity index is 1110. The van der Waals surface area contributed by atoms with Gasteiger partial charge < -0.3 is 9.47 Å². The van der Waals surface area contributed by atoms with Gasteiger partial charge in [0.1, 0.15) is 6.61 Å². The maximum Gasteiger partial charge on any atom is 0.253 e. The monoisotopic (exact) mass is 502 g/mol. The van der Waals surface area contributed by atoms with Gasteiger partial charge in [0.05, 0.1) is 18.1 Å². The molecule has 0 saturated heterocycles. The Balaban J connectivity index is 1.58. The van der Waals surface area contributed by atoms with Crippen LogP contribution in [0.2, 0.25) is 10.0 Å². The van der Waals surface area contributed by atoms with E-state index < -0.39 is 0 Å². The fourth-order valence-corrected chi connectivity index (χ4v) is 4.01. The molecule has 0 bridgehead atoms. The van der Waals surface area contributed by atoms with Crippen molar-refractivity contribution in [2.24, 2.45) is 5.10 Å². The minimum atomic E-state index is -0.315. The van der Waals surface area contributed by atoms with Crippen molar-refractivity contribution < 1.29 is 14.3 Å². The van der Waals surface area contributed by atoms with Crippen molar-refractivity contribution in [3.8, 4) is 11.5 Å². The van der Waals surface area contributed by atoms with Crippen LogP contribution in [0.3, 0.4) is 0 Å². The summed E-state index contributed by atoms with van der Waals surface area (Å²) < 4.78 is 11.6. The number of halogens is 2. The van der Waals surface area contributed by atoms with Crippen LogP contribution in [0, 0.1) is 0 Å². The molecule has 3 rings (SSSR count). The average Bonchev–Trinajstić information content (AvgIpc) is 2.80. The second-order valence-electron chi connectivity index (χ2n) is 7.01. The summed E-state index contributed by atoms with van der Waals surface area (Å²) in [6, 6.07) is 20.3. The number of nitrogens with one attached hydrogen (secondary N) is 1. The zero-order valence-corrected chi connectivity index (χ0v) is 20.6. The molecule has 1 N–H and O–H groups in total. The van der Waals surface area contributed by atoms with E-state index in [1.807, 2.05) is 68.4 Å². The van der Waals surface area contributed by atoms with Crippen LogP contribution >= 0.6 is 35.0 Å². The van der Waals surface area contributed by atoms with E-state index in [9.17, 15) is 4.79 Å². The lowest BCUT2D eigenvalue weighted by atomic mass is 10.2. The van der Waals surface area contributed by atoms with Crippen LogP contribution < -0.4 is 14.9 Å². The molecule has 172 valence electrons. The number of hydrogen-bond acceptors (Lipinski definition) is 5. The number of rotatable bonds is 10. The maximum atomic E-state index is 12.3. The Morgan fingerprint density at radius 1 is 1.03 bits per heavy atom. The van der Waals surface area contributed by atoms with Crippen LogP contribution in [-0.4, -0.2) is 24.0 Å². The standard InChI is InChI=1S/C25H24Cl2N2O3S/c1-3-31-24-14-18(7-12-23(24)32-16-19-5-4-6-21(27)13-19)15-28-29-25(30)17(2)33-22-10-8-20(26)9-11-22/h4-15,17H,3,16H2,1-2H3,(H,29,30)/b28-15-/t17-/m1/s1. The summed E-state index contributed by atoms with van der Waals surface area (Å²) in [7, 11) is 0. The van der Waals surface area contributed by atoms with Crippen molar-refractivity contribution in [2.45, 2.75) is 30.6 Å². The molecule has 33 heavy (non-hydrogen) atoms. The van der Waals surface area contributed by atoms with Gasteiger partial charge in [-0.2, -0.15) is 5.10 Å². The molecule has 1 amide bonds. The Kier molecular flexibility index (Phi) is 9.48. The average molecular weight is 503 g/mol. The van der Waals surface area contributed by atoms with E-state index in [1.165, 1.54) is 11.8 Å². The van der Waals surface area contributed by atoms with Gasteiger partial charge in [0.2, 0.25) is 0 Å². The normalized spacial score (nSPS) is 11.9. The Hall–Kier alpha value is -2.67. The lowest BCUT2D eigenvalue weighted by Crippen LogP contribution is -2.26. The second kappa shape index (κ2) is 12.5. The number of nitrogens with zero attached hydrogens (tertiary/aromatic N) is 1. The Morgan fingerprint density at radius 3 is 2.55 bits per heavy atom. The molecule has 0 saturated carbocycles. The zero-order chi connectivity index (χ0) is 23.6. The van der Waals surface area contributed by atoms with Crippen LogP contribution in [0.4, 0.5) is 0 Å². The fraction of sp³-hybridized carbons (Fsp3) is 0.200. The van der Waals surface area contributed by atoms with Crippen LogP contribution in [0.15, 0.2) is 76.7 Å². The van der Waals surface area contributed by atoms with Crippen molar-refractivity contribution in [1.29, 1.82) is 0 Å². The minimum Gasteiger partial charge on any atom is -0.490 e. The highest BCUT2D eigenvalue weighted by atomic mass is 35.5. The number of amides is 1. The second-order valence-corrected chi connectivity index (χ2v) is 9.29. The number of hydrazone groups is 1. The number of ether oxygens (including phenoxy) is 2. The summed E-state index contributed by atoms with van der Waals surface area (Å²) in [4.78, 5) is 13.3. The summed E-state index contributed by atoms with van der Waals surface area (Å²) in [5.41, 5.74) is 4.31. The van der Waals surface area contributed by atoms with Gasteiger partial charge in [0.25, 0.3) is 5.91 Å². The molecular weight excluding hydrogens is 479 g/mol. The van der Waals surface area contributed by atoms with Crippen molar-refractivity contribution >= 4 is 47.1 Å². The van der Waals surface area contributed by atoms with Gasteiger partial charge in [-0.15, -0.1) is 11.8 Å². The molecule has 8 heteroatoms. The molecule has 0 aromatic heterocycles. The summed E-state index contributed by atoms with van der Waals surface area (Å²) in [6.45, 7) is 4.59. The molecule has 1 atom stereocenters. The third kappa shape index (κ3) is 8.00. The molecular formula is C25H24Cl2N2O3S. The van der Waals surface area contributed by atoms with E-state index in [0.29, 0.717) is 34.8 Å². The van der Waals surface area contributed by atoms with E-state index >= 15 is 0 Å². The largest absolute Gasteiger partial charge is 0.490 e. The summed E-state index contributed by atoms with van der Waals surface area (Å²) in [5.74, 6) is 1.02. The molecule has 3 aromatic carbocycles. The first-order valence-corrected chi connectivity index (χ1v) is 12.0. The minimum absolute atomic E-state index is 0.197. The van der Waals surface area contributed by atoms with E-state index in [1.54, 1.807) is 18.3 Å². The van der Waals surface area contributed by atoms with Gasteiger partial charge >= 0.3 is 0 Å². The van der Waals surface area contributed by atoms with E-state index in [4.69, 9.17) is 32.7 Å². The summed E-state index contributed by atoms with van der Waals surface area (Å²) in [6.07, 6.45) is 1.57. The van der Waals surface area contributed by atoms with Crippen molar-refractivity contribution in [3.63, 3.8) is 0 Å². The van der Waals surface area contributed by atoms with Crippen LogP contribution in [0.5, 0.6) is 11.5 Å². The predicted octanol–water partition coefficient (Wildman–Crippen LogP) is 6.60. The summed E-state index contributed by atoms with van der Waals surface area (Å²) in [5, 5.41) is 5.09. The molecule has 0 fully saturated rings. The van der Waals surface area contributed by atoms with Crippen molar-refractivity contribution in [3.05, 3.63) is 87.9 Å². The first-order valence-electron chi connectivity index (χ1n) is 10.3. The number of thioether (sulfide) groups is 1. The quantitative estimate of drug-likeness (QED) is 0.192. The van der Waals surface area contributed by atoms with Crippen LogP contribution in [0.25, 0.3) is 0 Å². The van der Waals surface area contributed by atoms with Gasteiger partial charge in [0, 0.05) is 14.9 Å². The molecule has 0 aliphatic rings. The Morgan fingerprint density at radius 2 is 1.82 bits per heavy atom. The SMILES string of the molecule is CCOc1cc(/C=N\NC(=O)[C@@H](C)Sc2ccc(Cl)cc2)ccc1OCc1cccc(Cl)c1. The zero-order valence-electron chi connectivity index (χ0n) is 18.3. The third-order valence-electron chi connectivity index (χ3n) is 4.44. The fourth-order valence-electron chi connectivity index (χ4n) is 2.81. The number of carbonyl (C=O) groups excluding carboxylic acids is 1. The molecule has 0 radical (unpaired) electrons. The molecule has 0 aliphatic carbocycles. The number of hydrogen-bond donors (Lipinski definition) is 1. The number of benzene rings is 3. The number of carbonyl (C=O) groups is 1. The molecule has 5 nitrogen and oxygen atoms in total. The molecule has 0 heterocycles. The molecule has 0 unspecified atom stereocenters. The van der Waals surface area contributed by atoms with Crippen molar-refractivity contribution in [1.82, 2.24) is 5.43 Å².